The first-order valence-electron chi connectivity index (χ1n) is 8.11. The van der Waals surface area contributed by atoms with E-state index in [1.807, 2.05) is 12.2 Å². The quantitative estimate of drug-likeness (QED) is 0.503. The Hall–Kier alpha value is -1.40. The maximum atomic E-state index is 5.97. The van der Waals surface area contributed by atoms with Crippen molar-refractivity contribution in [3.63, 3.8) is 0 Å². The summed E-state index contributed by atoms with van der Waals surface area (Å²) in [5, 5.41) is 0. The van der Waals surface area contributed by atoms with Crippen LogP contribution in [0.15, 0.2) is 50.0 Å². The Bertz CT molecular complexity index is 398. The van der Waals surface area contributed by atoms with Crippen LogP contribution in [0.4, 0.5) is 0 Å². The third-order valence-electron chi connectivity index (χ3n) is 4.25. The van der Waals surface area contributed by atoms with Crippen molar-refractivity contribution < 1.29 is 14.2 Å². The highest BCUT2D eigenvalue weighted by atomic mass is 16.5. The third-order valence-corrected chi connectivity index (χ3v) is 4.25. The highest BCUT2D eigenvalue weighted by Crippen LogP contribution is 2.21. The normalized spacial score (nSPS) is 22.8. The molecule has 2 unspecified atom stereocenters. The van der Waals surface area contributed by atoms with Gasteiger partial charge in [0.25, 0.3) is 0 Å². The van der Waals surface area contributed by atoms with Gasteiger partial charge in [-0.3, -0.25) is 9.80 Å². The average Bonchev–Trinajstić information content (AvgIpc) is 2.58. The largest absolute Gasteiger partial charge is 0.463 e. The molecule has 2 aliphatic rings. The van der Waals surface area contributed by atoms with Crippen LogP contribution in [0, 0.1) is 0 Å². The van der Waals surface area contributed by atoms with Crippen molar-refractivity contribution in [2.24, 2.45) is 0 Å². The highest BCUT2D eigenvalue weighted by Gasteiger charge is 2.26. The van der Waals surface area contributed by atoms with Crippen LogP contribution in [0.5, 0.6) is 0 Å². The summed E-state index contributed by atoms with van der Waals surface area (Å²) in [5.74, 6) is 1.29. The summed E-state index contributed by atoms with van der Waals surface area (Å²) in [6, 6.07) is -0.0726. The summed E-state index contributed by atoms with van der Waals surface area (Å²) in [4.78, 5) is 4.51. The number of hydrogen-bond acceptors (Lipinski definition) is 5. The van der Waals surface area contributed by atoms with Crippen molar-refractivity contribution in [1.29, 1.82) is 0 Å². The number of rotatable bonds is 8. The molecule has 0 radical (unpaired) electrons. The molecule has 0 spiro atoms. The molecule has 2 atom stereocenters. The third kappa shape index (κ3) is 4.78. The molecule has 0 bridgehead atoms. The van der Waals surface area contributed by atoms with Crippen molar-refractivity contribution in [1.82, 2.24) is 9.80 Å². The molecule has 0 aliphatic carbocycles. The first kappa shape index (κ1) is 17.9. The van der Waals surface area contributed by atoms with E-state index in [-0.39, 0.29) is 12.1 Å². The minimum atomic E-state index is -0.0363. The van der Waals surface area contributed by atoms with E-state index in [4.69, 9.17) is 14.2 Å². The Morgan fingerprint density at radius 3 is 1.43 bits per heavy atom. The van der Waals surface area contributed by atoms with E-state index >= 15 is 0 Å². The fraction of sp³-hybridized carbons (Fsp3) is 0.556. The Balaban J connectivity index is 1.94. The van der Waals surface area contributed by atoms with Gasteiger partial charge in [0.15, 0.2) is 0 Å². The van der Waals surface area contributed by atoms with Gasteiger partial charge in [-0.1, -0.05) is 25.3 Å². The first-order chi connectivity index (χ1) is 11.2. The number of morpholine rings is 2. The standard InChI is InChI=1S/C18H28N2O3/c1-5-17(19-7-11-21-12-8-19)15(3)23-16(4)18(6-2)20-9-13-22-14-10-20/h5-6,17-18H,1-4,7-14H2. The summed E-state index contributed by atoms with van der Waals surface area (Å²) in [6.07, 6.45) is 3.72. The minimum absolute atomic E-state index is 0.0363. The van der Waals surface area contributed by atoms with Crippen molar-refractivity contribution in [2.75, 3.05) is 52.6 Å². The summed E-state index contributed by atoms with van der Waals surface area (Å²) < 4.78 is 16.8. The zero-order valence-corrected chi connectivity index (χ0v) is 13.9. The van der Waals surface area contributed by atoms with Crippen molar-refractivity contribution >= 4 is 0 Å². The molecule has 0 amide bonds. The average molecular weight is 320 g/mol. The zero-order chi connectivity index (χ0) is 16.7. The van der Waals surface area contributed by atoms with E-state index in [0.29, 0.717) is 11.5 Å². The van der Waals surface area contributed by atoms with Gasteiger partial charge in [0.2, 0.25) is 0 Å². The van der Waals surface area contributed by atoms with Crippen LogP contribution in [0.1, 0.15) is 0 Å². The van der Waals surface area contributed by atoms with Crippen LogP contribution < -0.4 is 0 Å². The monoisotopic (exact) mass is 320 g/mol. The van der Waals surface area contributed by atoms with Gasteiger partial charge in [0, 0.05) is 26.2 Å². The van der Waals surface area contributed by atoms with Crippen LogP contribution in [0.25, 0.3) is 0 Å². The van der Waals surface area contributed by atoms with Gasteiger partial charge in [-0.05, 0) is 0 Å². The lowest BCUT2D eigenvalue weighted by Gasteiger charge is -2.36. The van der Waals surface area contributed by atoms with E-state index in [1.165, 1.54) is 0 Å². The van der Waals surface area contributed by atoms with Gasteiger partial charge in [-0.15, -0.1) is 13.2 Å². The van der Waals surface area contributed by atoms with Crippen molar-refractivity contribution in [3.8, 4) is 0 Å². The Morgan fingerprint density at radius 1 is 0.783 bits per heavy atom. The maximum Gasteiger partial charge on any atom is 0.118 e. The van der Waals surface area contributed by atoms with E-state index in [1.54, 1.807) is 0 Å². The van der Waals surface area contributed by atoms with Crippen LogP contribution >= 0.6 is 0 Å². The smallest absolute Gasteiger partial charge is 0.118 e. The topological polar surface area (TPSA) is 34.2 Å². The minimum Gasteiger partial charge on any atom is -0.463 e. The molecule has 0 saturated carbocycles. The molecule has 5 nitrogen and oxygen atoms in total. The van der Waals surface area contributed by atoms with E-state index in [0.717, 1.165) is 52.6 Å². The molecular formula is C18H28N2O3. The van der Waals surface area contributed by atoms with E-state index < -0.39 is 0 Å². The predicted octanol–water partition coefficient (Wildman–Crippen LogP) is 1.80. The Kier molecular flexibility index (Phi) is 7.05. The molecule has 23 heavy (non-hydrogen) atoms. The SMILES string of the molecule is C=CC(C(=C)OC(=C)C(C=C)N1CCOCC1)N1CCOCC1. The van der Waals surface area contributed by atoms with Gasteiger partial charge < -0.3 is 14.2 Å². The van der Waals surface area contributed by atoms with Crippen molar-refractivity contribution in [2.45, 2.75) is 12.1 Å². The lowest BCUT2D eigenvalue weighted by atomic mass is 10.1. The second-order valence-corrected chi connectivity index (χ2v) is 5.69. The van der Waals surface area contributed by atoms with Crippen LogP contribution in [-0.4, -0.2) is 74.5 Å². The second kappa shape index (κ2) is 9.03. The van der Waals surface area contributed by atoms with Gasteiger partial charge >= 0.3 is 0 Å². The summed E-state index contributed by atoms with van der Waals surface area (Å²) in [7, 11) is 0. The van der Waals surface area contributed by atoms with Crippen LogP contribution in [0.2, 0.25) is 0 Å². The molecule has 2 rings (SSSR count). The second-order valence-electron chi connectivity index (χ2n) is 5.69. The summed E-state index contributed by atoms with van der Waals surface area (Å²) in [5.41, 5.74) is 0. The van der Waals surface area contributed by atoms with Gasteiger partial charge in [-0.25, -0.2) is 0 Å². The lowest BCUT2D eigenvalue weighted by Crippen LogP contribution is -2.45. The molecule has 0 aromatic carbocycles. The van der Waals surface area contributed by atoms with E-state index in [2.05, 4.69) is 36.1 Å². The number of ether oxygens (including phenoxy) is 3. The number of hydrogen-bond donors (Lipinski definition) is 0. The molecule has 128 valence electrons. The van der Waals surface area contributed by atoms with E-state index in [9.17, 15) is 0 Å². The number of nitrogens with zero attached hydrogens (tertiary/aromatic N) is 2. The molecule has 0 aromatic heterocycles. The fourth-order valence-electron chi connectivity index (χ4n) is 2.97. The molecule has 0 N–H and O–H groups in total. The summed E-state index contributed by atoms with van der Waals surface area (Å²) >= 11 is 0. The maximum absolute atomic E-state index is 5.97. The zero-order valence-electron chi connectivity index (χ0n) is 13.9. The first-order valence-corrected chi connectivity index (χ1v) is 8.11. The van der Waals surface area contributed by atoms with Gasteiger partial charge in [0.05, 0.1) is 38.5 Å². The molecule has 2 fully saturated rings. The molecule has 2 aliphatic heterocycles. The Labute approximate surface area is 139 Å². The molecule has 0 aromatic rings. The Morgan fingerprint density at radius 2 is 1.13 bits per heavy atom. The van der Waals surface area contributed by atoms with Crippen LogP contribution in [0.3, 0.4) is 0 Å². The predicted molar refractivity (Wildman–Crippen MR) is 92.1 cm³/mol. The lowest BCUT2D eigenvalue weighted by molar-refractivity contribution is 0.0144. The van der Waals surface area contributed by atoms with Gasteiger partial charge in [-0.2, -0.15) is 0 Å². The van der Waals surface area contributed by atoms with Crippen LogP contribution in [-0.2, 0) is 14.2 Å². The fourth-order valence-corrected chi connectivity index (χ4v) is 2.97. The molecule has 2 heterocycles. The molecule has 2 saturated heterocycles. The molecule has 5 heteroatoms. The van der Waals surface area contributed by atoms with Crippen molar-refractivity contribution in [3.05, 3.63) is 50.0 Å². The summed E-state index contributed by atoms with van der Waals surface area (Å²) in [6.45, 7) is 22.3. The molecular weight excluding hydrogens is 292 g/mol. The highest BCUT2D eigenvalue weighted by molar-refractivity contribution is 5.15. The van der Waals surface area contributed by atoms with Gasteiger partial charge in [0.1, 0.15) is 11.5 Å².